The lowest BCUT2D eigenvalue weighted by molar-refractivity contribution is 0.0920. The molecule has 31 heavy (non-hydrogen) atoms. The molecule has 0 saturated heterocycles. The van der Waals surface area contributed by atoms with Crippen LogP contribution in [0.3, 0.4) is 0 Å². The topological polar surface area (TPSA) is 69.3 Å². The molecule has 1 N–H and O–H groups in total. The summed E-state index contributed by atoms with van der Waals surface area (Å²) in [6, 6.07) is 25.0. The van der Waals surface area contributed by atoms with E-state index in [2.05, 4.69) is 10.3 Å². The van der Waals surface area contributed by atoms with E-state index in [9.17, 15) is 4.79 Å². The van der Waals surface area contributed by atoms with Gasteiger partial charge in [0.05, 0.1) is 17.6 Å². The molecule has 6 heteroatoms. The molecular weight excluding hydrogens is 390 g/mol. The number of nitrogens with zero attached hydrogens (tertiary/aromatic N) is 2. The molecule has 0 unspecified atom stereocenters. The molecule has 0 fully saturated rings. The number of imidazole rings is 1. The van der Waals surface area contributed by atoms with Gasteiger partial charge in [-0.15, -0.1) is 0 Å². The number of aromatic nitrogens is 2. The summed E-state index contributed by atoms with van der Waals surface area (Å²) in [5.74, 6) is 1.47. The molecule has 154 valence electrons. The molecule has 5 rings (SSSR count). The number of furan rings is 1. The molecule has 0 aliphatic heterocycles. The second kappa shape index (κ2) is 7.99. The quantitative estimate of drug-likeness (QED) is 0.435. The van der Waals surface area contributed by atoms with Crippen molar-refractivity contribution >= 4 is 27.9 Å². The number of ether oxygens (including phenoxy) is 1. The molecule has 0 bridgehead atoms. The van der Waals surface area contributed by atoms with E-state index in [1.54, 1.807) is 0 Å². The van der Waals surface area contributed by atoms with Crippen LogP contribution in [0.15, 0.2) is 83.3 Å². The van der Waals surface area contributed by atoms with Crippen molar-refractivity contribution in [3.63, 3.8) is 0 Å². The lowest BCUT2D eigenvalue weighted by Crippen LogP contribution is -2.25. The Kier molecular flexibility index (Phi) is 4.88. The molecule has 0 radical (unpaired) electrons. The maximum Gasteiger partial charge on any atom is 0.287 e. The fourth-order valence-electron chi connectivity index (χ4n) is 3.69. The summed E-state index contributed by atoms with van der Waals surface area (Å²) in [4.78, 5) is 17.7. The Labute approximate surface area is 179 Å². The van der Waals surface area contributed by atoms with E-state index in [4.69, 9.17) is 9.15 Å². The number of hydrogen-bond acceptors (Lipinski definition) is 4. The third-order valence-electron chi connectivity index (χ3n) is 5.32. The van der Waals surface area contributed by atoms with Crippen LogP contribution in [0.4, 0.5) is 0 Å². The Morgan fingerprint density at radius 2 is 1.74 bits per heavy atom. The van der Waals surface area contributed by atoms with Crippen molar-refractivity contribution in [1.29, 1.82) is 0 Å². The van der Waals surface area contributed by atoms with Crippen LogP contribution in [0.25, 0.3) is 22.0 Å². The lowest BCUT2D eigenvalue weighted by atomic mass is 10.1. The number of nitrogens with one attached hydrogen (secondary N) is 1. The van der Waals surface area contributed by atoms with E-state index in [1.807, 2.05) is 90.5 Å². The van der Waals surface area contributed by atoms with Crippen LogP contribution in [0.2, 0.25) is 0 Å². The van der Waals surface area contributed by atoms with Gasteiger partial charge in [-0.1, -0.05) is 48.5 Å². The average molecular weight is 411 g/mol. The highest BCUT2D eigenvalue weighted by Crippen LogP contribution is 2.27. The monoisotopic (exact) mass is 411 g/mol. The zero-order valence-corrected chi connectivity index (χ0v) is 17.0. The van der Waals surface area contributed by atoms with Gasteiger partial charge >= 0.3 is 0 Å². The second-order valence-electron chi connectivity index (χ2n) is 7.27. The Hall–Kier alpha value is -4.06. The summed E-state index contributed by atoms with van der Waals surface area (Å²) in [6.45, 7) is 0.524. The average Bonchev–Trinajstić information content (AvgIpc) is 3.34. The van der Waals surface area contributed by atoms with Gasteiger partial charge in [-0.2, -0.15) is 0 Å². The second-order valence-corrected chi connectivity index (χ2v) is 7.27. The van der Waals surface area contributed by atoms with Gasteiger partial charge in [0.2, 0.25) is 0 Å². The SMILES string of the molecule is Cn1c(CNC(=O)c2oc3ccccc3c2COc2ccccc2)nc2ccccc21. The summed E-state index contributed by atoms with van der Waals surface area (Å²) in [5, 5.41) is 3.81. The molecule has 0 saturated carbocycles. The van der Waals surface area contributed by atoms with E-state index in [0.717, 1.165) is 33.6 Å². The Morgan fingerprint density at radius 3 is 2.58 bits per heavy atom. The minimum atomic E-state index is -0.296. The van der Waals surface area contributed by atoms with Gasteiger partial charge < -0.3 is 19.0 Å². The van der Waals surface area contributed by atoms with Gasteiger partial charge in [0.1, 0.15) is 23.8 Å². The van der Waals surface area contributed by atoms with Crippen molar-refractivity contribution < 1.29 is 13.9 Å². The maximum atomic E-state index is 13.0. The summed E-state index contributed by atoms with van der Waals surface area (Å²) < 4.78 is 13.8. The molecule has 2 heterocycles. The molecule has 0 atom stereocenters. The molecule has 3 aromatic carbocycles. The summed E-state index contributed by atoms with van der Waals surface area (Å²) in [5.41, 5.74) is 3.30. The first-order valence-electron chi connectivity index (χ1n) is 10.1. The van der Waals surface area contributed by atoms with Crippen LogP contribution in [-0.2, 0) is 20.2 Å². The smallest absolute Gasteiger partial charge is 0.287 e. The number of benzene rings is 3. The molecule has 1 amide bonds. The summed E-state index contributed by atoms with van der Waals surface area (Å²) in [6.07, 6.45) is 0. The van der Waals surface area contributed by atoms with E-state index in [0.29, 0.717) is 12.1 Å². The Balaban J connectivity index is 1.40. The fourth-order valence-corrected chi connectivity index (χ4v) is 3.69. The largest absolute Gasteiger partial charge is 0.489 e. The molecule has 0 aliphatic rings. The van der Waals surface area contributed by atoms with E-state index >= 15 is 0 Å². The highest BCUT2D eigenvalue weighted by Gasteiger charge is 2.21. The highest BCUT2D eigenvalue weighted by atomic mass is 16.5. The van der Waals surface area contributed by atoms with Crippen molar-refractivity contribution in [2.24, 2.45) is 7.05 Å². The highest BCUT2D eigenvalue weighted by molar-refractivity contribution is 5.99. The predicted molar refractivity (Wildman–Crippen MR) is 119 cm³/mol. The molecule has 0 aliphatic carbocycles. The van der Waals surface area contributed by atoms with Crippen molar-refractivity contribution in [1.82, 2.24) is 14.9 Å². The van der Waals surface area contributed by atoms with Gasteiger partial charge in [0.15, 0.2) is 5.76 Å². The number of carbonyl (C=O) groups is 1. The number of aryl methyl sites for hydroxylation is 1. The molecule has 5 aromatic rings. The number of rotatable bonds is 6. The zero-order chi connectivity index (χ0) is 21.2. The first-order valence-corrected chi connectivity index (χ1v) is 10.1. The number of hydrogen-bond donors (Lipinski definition) is 1. The summed E-state index contributed by atoms with van der Waals surface area (Å²) in [7, 11) is 1.94. The Bertz CT molecular complexity index is 1370. The maximum absolute atomic E-state index is 13.0. The van der Waals surface area contributed by atoms with E-state index < -0.39 is 0 Å². The van der Waals surface area contributed by atoms with Crippen LogP contribution >= 0.6 is 0 Å². The van der Waals surface area contributed by atoms with Crippen molar-refractivity contribution in [3.05, 3.63) is 96.0 Å². The fraction of sp³-hybridized carbons (Fsp3) is 0.120. The van der Waals surface area contributed by atoms with Crippen LogP contribution in [0, 0.1) is 0 Å². The number of para-hydroxylation sites is 4. The van der Waals surface area contributed by atoms with Crippen molar-refractivity contribution in [2.75, 3.05) is 0 Å². The Morgan fingerprint density at radius 1 is 1.00 bits per heavy atom. The van der Waals surface area contributed by atoms with Crippen LogP contribution in [0.1, 0.15) is 21.9 Å². The number of amides is 1. The van der Waals surface area contributed by atoms with Gasteiger partial charge in [0, 0.05) is 18.0 Å². The first kappa shape index (κ1) is 18.9. The molecule has 0 spiro atoms. The predicted octanol–water partition coefficient (Wildman–Crippen LogP) is 4.83. The minimum absolute atomic E-state index is 0.232. The van der Waals surface area contributed by atoms with Crippen LogP contribution in [0.5, 0.6) is 5.75 Å². The van der Waals surface area contributed by atoms with Gasteiger partial charge in [0.25, 0.3) is 5.91 Å². The third kappa shape index (κ3) is 3.64. The van der Waals surface area contributed by atoms with Gasteiger partial charge in [-0.25, -0.2) is 4.98 Å². The van der Waals surface area contributed by atoms with Gasteiger partial charge in [-0.05, 0) is 30.3 Å². The normalized spacial score (nSPS) is 11.1. The third-order valence-corrected chi connectivity index (χ3v) is 5.32. The lowest BCUT2D eigenvalue weighted by Gasteiger charge is -2.08. The minimum Gasteiger partial charge on any atom is -0.489 e. The van der Waals surface area contributed by atoms with Crippen molar-refractivity contribution in [2.45, 2.75) is 13.2 Å². The van der Waals surface area contributed by atoms with Crippen LogP contribution in [-0.4, -0.2) is 15.5 Å². The number of fused-ring (bicyclic) bond motifs is 2. The van der Waals surface area contributed by atoms with Crippen molar-refractivity contribution in [3.8, 4) is 5.75 Å². The van der Waals surface area contributed by atoms with Crippen LogP contribution < -0.4 is 10.1 Å². The number of carbonyl (C=O) groups excluding carboxylic acids is 1. The van der Waals surface area contributed by atoms with Gasteiger partial charge in [-0.3, -0.25) is 4.79 Å². The summed E-state index contributed by atoms with van der Waals surface area (Å²) >= 11 is 0. The van der Waals surface area contributed by atoms with E-state index in [1.165, 1.54) is 0 Å². The molecule has 2 aromatic heterocycles. The van der Waals surface area contributed by atoms with E-state index in [-0.39, 0.29) is 18.3 Å². The standard InChI is InChI=1S/C25H21N3O3/c1-28-21-13-7-6-12-20(21)27-23(28)15-26-25(29)24-19(16-30-17-9-3-2-4-10-17)18-11-5-8-14-22(18)31-24/h2-14H,15-16H2,1H3,(H,26,29). The first-order chi connectivity index (χ1) is 15.2. The molecular formula is C25H21N3O3. The zero-order valence-electron chi connectivity index (χ0n) is 17.0. The molecule has 6 nitrogen and oxygen atoms in total.